The van der Waals surface area contributed by atoms with Gasteiger partial charge in [-0.15, -0.1) is 11.3 Å². The molecule has 3 nitrogen and oxygen atoms in total. The Bertz CT molecular complexity index is 602. The van der Waals surface area contributed by atoms with Gasteiger partial charge in [-0.05, 0) is 19.3 Å². The number of carbonyl (C=O) groups is 1. The van der Waals surface area contributed by atoms with Crippen molar-refractivity contribution < 1.29 is 4.79 Å². The second kappa shape index (κ2) is 5.75. The van der Waals surface area contributed by atoms with Crippen molar-refractivity contribution >= 4 is 22.4 Å². The number of thiazole rings is 1. The van der Waals surface area contributed by atoms with Gasteiger partial charge in [0.25, 0.3) is 0 Å². The molecule has 1 aliphatic carbocycles. The molecule has 1 aliphatic rings. The van der Waals surface area contributed by atoms with Gasteiger partial charge in [0.2, 0.25) is 5.91 Å². The van der Waals surface area contributed by atoms with Crippen LogP contribution in [0.3, 0.4) is 0 Å². The highest BCUT2D eigenvalue weighted by atomic mass is 32.1. The Balaban J connectivity index is 1.83. The van der Waals surface area contributed by atoms with Gasteiger partial charge in [-0.1, -0.05) is 43.7 Å². The quantitative estimate of drug-likeness (QED) is 0.919. The first kappa shape index (κ1) is 13.3. The van der Waals surface area contributed by atoms with Gasteiger partial charge in [0.1, 0.15) is 0 Å². The number of anilines is 1. The lowest BCUT2D eigenvalue weighted by atomic mass is 9.85. The Kier molecular flexibility index (Phi) is 3.83. The number of hydrogen-bond donors (Lipinski definition) is 1. The van der Waals surface area contributed by atoms with Gasteiger partial charge in [-0.25, -0.2) is 4.98 Å². The topological polar surface area (TPSA) is 42.0 Å². The van der Waals surface area contributed by atoms with E-state index in [0.717, 1.165) is 35.7 Å². The van der Waals surface area contributed by atoms with Gasteiger partial charge in [-0.2, -0.15) is 0 Å². The molecule has 2 aromatic rings. The van der Waals surface area contributed by atoms with Gasteiger partial charge < -0.3 is 5.32 Å². The number of aryl methyl sites for hydroxylation is 1. The molecule has 3 rings (SSSR count). The summed E-state index contributed by atoms with van der Waals surface area (Å²) in [5.74, 6) is 0.330. The van der Waals surface area contributed by atoms with Crippen molar-refractivity contribution in [3.63, 3.8) is 0 Å². The summed E-state index contributed by atoms with van der Waals surface area (Å²) in [5, 5.41) is 3.71. The molecule has 0 radical (unpaired) electrons. The third kappa shape index (κ3) is 2.61. The Labute approximate surface area is 123 Å². The fourth-order valence-corrected chi connectivity index (χ4v) is 3.27. The van der Waals surface area contributed by atoms with E-state index in [-0.39, 0.29) is 11.8 Å². The molecule has 104 valence electrons. The van der Waals surface area contributed by atoms with Crippen molar-refractivity contribution in [1.29, 1.82) is 0 Å². The Morgan fingerprint density at radius 2 is 2.10 bits per heavy atom. The minimum atomic E-state index is 0.132. The molecule has 0 atom stereocenters. The molecule has 1 amide bonds. The predicted molar refractivity (Wildman–Crippen MR) is 82.9 cm³/mol. The van der Waals surface area contributed by atoms with Crippen molar-refractivity contribution in [3.05, 3.63) is 35.2 Å². The fourth-order valence-electron chi connectivity index (χ4n) is 2.34. The SMILES string of the molecule is CCc1sc(NC(=O)C2CCC2)nc1-c1ccccc1. The first-order valence-corrected chi connectivity index (χ1v) is 7.95. The minimum absolute atomic E-state index is 0.132. The highest BCUT2D eigenvalue weighted by Crippen LogP contribution is 2.33. The van der Waals surface area contributed by atoms with Gasteiger partial charge in [0.15, 0.2) is 5.13 Å². The van der Waals surface area contributed by atoms with E-state index in [9.17, 15) is 4.79 Å². The molecule has 0 spiro atoms. The fraction of sp³-hybridized carbons (Fsp3) is 0.375. The number of nitrogens with one attached hydrogen (secondary N) is 1. The number of rotatable bonds is 4. The van der Waals surface area contributed by atoms with Gasteiger partial charge >= 0.3 is 0 Å². The van der Waals surface area contributed by atoms with E-state index < -0.39 is 0 Å². The van der Waals surface area contributed by atoms with Crippen LogP contribution in [0.1, 0.15) is 31.1 Å². The van der Waals surface area contributed by atoms with Crippen molar-refractivity contribution in [1.82, 2.24) is 4.98 Å². The Morgan fingerprint density at radius 1 is 1.35 bits per heavy atom. The van der Waals surface area contributed by atoms with Crippen molar-refractivity contribution in [3.8, 4) is 11.3 Å². The summed E-state index contributed by atoms with van der Waals surface area (Å²) in [6, 6.07) is 10.2. The Morgan fingerprint density at radius 3 is 2.70 bits per heavy atom. The van der Waals surface area contributed by atoms with E-state index >= 15 is 0 Å². The molecule has 20 heavy (non-hydrogen) atoms. The molecule has 1 fully saturated rings. The summed E-state index contributed by atoms with van der Waals surface area (Å²) in [4.78, 5) is 17.8. The third-order valence-electron chi connectivity index (χ3n) is 3.77. The number of aromatic nitrogens is 1. The summed E-state index contributed by atoms with van der Waals surface area (Å²) in [6.45, 7) is 2.12. The van der Waals surface area contributed by atoms with Crippen molar-refractivity contribution in [2.45, 2.75) is 32.6 Å². The molecule has 0 unspecified atom stereocenters. The Hall–Kier alpha value is -1.68. The van der Waals surface area contributed by atoms with Crippen LogP contribution in [-0.2, 0) is 11.2 Å². The molecule has 1 aromatic heterocycles. The summed E-state index contributed by atoms with van der Waals surface area (Å²) >= 11 is 1.59. The monoisotopic (exact) mass is 286 g/mol. The average Bonchev–Trinajstić information content (AvgIpc) is 2.80. The number of hydrogen-bond acceptors (Lipinski definition) is 3. The molecular formula is C16H18N2OS. The van der Waals surface area contributed by atoms with Crippen LogP contribution < -0.4 is 5.32 Å². The van der Waals surface area contributed by atoms with Crippen LogP contribution in [0, 0.1) is 5.92 Å². The molecule has 0 saturated heterocycles. The highest BCUT2D eigenvalue weighted by Gasteiger charge is 2.26. The molecule has 0 aliphatic heterocycles. The number of amides is 1. The number of carbonyl (C=O) groups excluding carboxylic acids is 1. The third-order valence-corrected chi connectivity index (χ3v) is 4.89. The highest BCUT2D eigenvalue weighted by molar-refractivity contribution is 7.16. The maximum atomic E-state index is 12.0. The standard InChI is InChI=1S/C16H18N2OS/c1-2-13-14(11-7-4-3-5-8-11)17-16(20-13)18-15(19)12-9-6-10-12/h3-5,7-8,12H,2,6,9-10H2,1H3,(H,17,18,19). The van der Waals surface area contributed by atoms with E-state index in [0.29, 0.717) is 0 Å². The maximum absolute atomic E-state index is 12.0. The van der Waals surface area contributed by atoms with Crippen LogP contribution in [0.2, 0.25) is 0 Å². The molecule has 0 bridgehead atoms. The van der Waals surface area contributed by atoms with Gasteiger partial charge in [-0.3, -0.25) is 4.79 Å². The van der Waals surface area contributed by atoms with Crippen LogP contribution in [0.25, 0.3) is 11.3 Å². The van der Waals surface area contributed by atoms with Gasteiger partial charge in [0.05, 0.1) is 5.69 Å². The summed E-state index contributed by atoms with van der Waals surface area (Å²) < 4.78 is 0. The predicted octanol–water partition coefficient (Wildman–Crippen LogP) is 4.11. The lowest BCUT2D eigenvalue weighted by Crippen LogP contribution is -2.27. The van der Waals surface area contributed by atoms with Crippen LogP contribution >= 0.6 is 11.3 Å². The second-order valence-corrected chi connectivity index (χ2v) is 6.21. The number of benzene rings is 1. The van der Waals surface area contributed by atoms with E-state index in [4.69, 9.17) is 0 Å². The normalized spacial score (nSPS) is 14.8. The largest absolute Gasteiger partial charge is 0.302 e. The zero-order valence-electron chi connectivity index (χ0n) is 11.6. The average molecular weight is 286 g/mol. The van der Waals surface area contributed by atoms with E-state index in [1.807, 2.05) is 18.2 Å². The smallest absolute Gasteiger partial charge is 0.229 e. The zero-order valence-corrected chi connectivity index (χ0v) is 12.4. The molecule has 1 saturated carbocycles. The first-order valence-electron chi connectivity index (χ1n) is 7.14. The molecular weight excluding hydrogens is 268 g/mol. The summed E-state index contributed by atoms with van der Waals surface area (Å²) in [6.07, 6.45) is 4.14. The minimum Gasteiger partial charge on any atom is -0.302 e. The summed E-state index contributed by atoms with van der Waals surface area (Å²) in [5.41, 5.74) is 2.12. The molecule has 1 aromatic carbocycles. The van der Waals surface area contributed by atoms with Crippen molar-refractivity contribution in [2.75, 3.05) is 5.32 Å². The number of nitrogens with zero attached hydrogens (tertiary/aromatic N) is 1. The second-order valence-electron chi connectivity index (χ2n) is 5.13. The van der Waals surface area contributed by atoms with Gasteiger partial charge in [0, 0.05) is 16.4 Å². The van der Waals surface area contributed by atoms with Crippen LogP contribution in [0.5, 0.6) is 0 Å². The first-order chi connectivity index (χ1) is 9.78. The molecule has 1 heterocycles. The van der Waals surface area contributed by atoms with Crippen LogP contribution in [0.4, 0.5) is 5.13 Å². The van der Waals surface area contributed by atoms with Crippen molar-refractivity contribution in [2.24, 2.45) is 5.92 Å². The van der Waals surface area contributed by atoms with Crippen LogP contribution in [-0.4, -0.2) is 10.9 Å². The summed E-state index contributed by atoms with van der Waals surface area (Å²) in [7, 11) is 0. The van der Waals surface area contributed by atoms with E-state index in [1.165, 1.54) is 11.3 Å². The molecule has 1 N–H and O–H groups in total. The zero-order chi connectivity index (χ0) is 13.9. The lowest BCUT2D eigenvalue weighted by Gasteiger charge is -2.23. The maximum Gasteiger partial charge on any atom is 0.229 e. The van der Waals surface area contributed by atoms with E-state index in [1.54, 1.807) is 11.3 Å². The lowest BCUT2D eigenvalue weighted by molar-refractivity contribution is -0.122. The van der Waals surface area contributed by atoms with Crippen LogP contribution in [0.15, 0.2) is 30.3 Å². The molecule has 4 heteroatoms. The van der Waals surface area contributed by atoms with E-state index in [2.05, 4.69) is 29.4 Å².